The molecule has 0 amide bonds. The molecule has 0 saturated carbocycles. The maximum absolute atomic E-state index is 11.4. The minimum atomic E-state index is -0.354. The molecule has 2 aromatic rings. The van der Waals surface area contributed by atoms with E-state index in [4.69, 9.17) is 9.47 Å². The largest absolute Gasteiger partial charge is 0.460 e. The van der Waals surface area contributed by atoms with Crippen molar-refractivity contribution in [3.8, 4) is 0 Å². The van der Waals surface area contributed by atoms with Gasteiger partial charge in [-0.25, -0.2) is 4.79 Å². The molecule has 0 fully saturated rings. The van der Waals surface area contributed by atoms with Crippen LogP contribution in [0.4, 0.5) is 0 Å². The fraction of sp³-hybridized carbons (Fsp3) is 0.333. The molecular formula is C18H22N2O4. The number of aromatic nitrogens is 2. The second kappa shape index (κ2) is 12.9. The molecule has 0 aliphatic carbocycles. The highest BCUT2D eigenvalue weighted by molar-refractivity contribution is 5.88. The lowest BCUT2D eigenvalue weighted by molar-refractivity contribution is 0.0313. The van der Waals surface area contributed by atoms with E-state index in [9.17, 15) is 9.59 Å². The smallest absolute Gasteiger partial charge is 0.339 e. The highest BCUT2D eigenvalue weighted by Gasteiger charge is 2.05. The molecule has 0 radical (unpaired) electrons. The Hall–Kier alpha value is -2.60. The second-order valence-corrected chi connectivity index (χ2v) is 4.75. The zero-order valence-corrected chi connectivity index (χ0v) is 13.8. The van der Waals surface area contributed by atoms with Crippen LogP contribution in [0.3, 0.4) is 0 Å². The SMILES string of the molecule is CCCCOCCOC(=O)c1cccnc1.O=Cc1cccnc1. The third-order valence-electron chi connectivity index (χ3n) is 2.82. The molecule has 0 spiro atoms. The molecule has 0 bridgehead atoms. The summed E-state index contributed by atoms with van der Waals surface area (Å²) in [6.45, 7) is 3.57. The van der Waals surface area contributed by atoms with Gasteiger partial charge in [0.25, 0.3) is 0 Å². The number of ether oxygens (including phenoxy) is 2. The summed E-state index contributed by atoms with van der Waals surface area (Å²) in [6.07, 6.45) is 9.17. The molecule has 0 aliphatic rings. The van der Waals surface area contributed by atoms with Crippen molar-refractivity contribution in [3.63, 3.8) is 0 Å². The molecule has 24 heavy (non-hydrogen) atoms. The number of pyridine rings is 2. The molecule has 2 heterocycles. The van der Waals surface area contributed by atoms with Crippen LogP contribution < -0.4 is 0 Å². The van der Waals surface area contributed by atoms with Crippen LogP contribution in [0.2, 0.25) is 0 Å². The number of esters is 1. The molecule has 0 unspecified atom stereocenters. The van der Waals surface area contributed by atoms with Gasteiger partial charge in [-0.1, -0.05) is 13.3 Å². The maximum atomic E-state index is 11.4. The van der Waals surface area contributed by atoms with E-state index < -0.39 is 0 Å². The monoisotopic (exact) mass is 330 g/mol. The van der Waals surface area contributed by atoms with Crippen LogP contribution in [0.15, 0.2) is 49.1 Å². The average Bonchev–Trinajstić information content (AvgIpc) is 2.66. The number of nitrogens with zero attached hydrogens (tertiary/aromatic N) is 2. The Morgan fingerprint density at radius 3 is 2.38 bits per heavy atom. The van der Waals surface area contributed by atoms with Gasteiger partial charge >= 0.3 is 5.97 Å². The summed E-state index contributed by atoms with van der Waals surface area (Å²) in [5.41, 5.74) is 1.09. The first-order valence-corrected chi connectivity index (χ1v) is 7.78. The first-order valence-electron chi connectivity index (χ1n) is 7.78. The summed E-state index contributed by atoms with van der Waals surface area (Å²) in [6, 6.07) is 6.81. The molecular weight excluding hydrogens is 308 g/mol. The topological polar surface area (TPSA) is 78.4 Å². The third kappa shape index (κ3) is 8.75. The predicted octanol–water partition coefficient (Wildman–Crippen LogP) is 2.95. The van der Waals surface area contributed by atoms with Gasteiger partial charge in [-0.3, -0.25) is 14.8 Å². The van der Waals surface area contributed by atoms with Crippen molar-refractivity contribution in [1.82, 2.24) is 9.97 Å². The van der Waals surface area contributed by atoms with Crippen LogP contribution >= 0.6 is 0 Å². The predicted molar refractivity (Wildman–Crippen MR) is 89.9 cm³/mol. The van der Waals surface area contributed by atoms with E-state index in [2.05, 4.69) is 16.9 Å². The average molecular weight is 330 g/mol. The summed E-state index contributed by atoms with van der Waals surface area (Å²) in [5.74, 6) is -0.354. The van der Waals surface area contributed by atoms with E-state index in [0.717, 1.165) is 25.7 Å². The van der Waals surface area contributed by atoms with Crippen molar-refractivity contribution in [1.29, 1.82) is 0 Å². The van der Waals surface area contributed by atoms with Gasteiger partial charge in [-0.05, 0) is 30.7 Å². The number of hydrogen-bond acceptors (Lipinski definition) is 6. The van der Waals surface area contributed by atoms with Gasteiger partial charge < -0.3 is 9.47 Å². The summed E-state index contributed by atoms with van der Waals surface area (Å²) < 4.78 is 10.3. The minimum Gasteiger partial charge on any atom is -0.460 e. The fourth-order valence-electron chi connectivity index (χ4n) is 1.55. The van der Waals surface area contributed by atoms with Crippen LogP contribution in [-0.2, 0) is 9.47 Å². The van der Waals surface area contributed by atoms with Crippen LogP contribution in [0, 0.1) is 0 Å². The fourth-order valence-corrected chi connectivity index (χ4v) is 1.55. The highest BCUT2D eigenvalue weighted by atomic mass is 16.6. The number of unbranched alkanes of at least 4 members (excludes halogenated alkanes) is 1. The van der Waals surface area contributed by atoms with Gasteiger partial charge in [0, 0.05) is 37.0 Å². The van der Waals surface area contributed by atoms with Gasteiger partial charge in [0.05, 0.1) is 12.2 Å². The molecule has 2 rings (SSSR count). The minimum absolute atomic E-state index is 0.289. The Bertz CT molecular complexity index is 576. The van der Waals surface area contributed by atoms with Crippen molar-refractivity contribution in [2.24, 2.45) is 0 Å². The lowest BCUT2D eigenvalue weighted by Gasteiger charge is -2.05. The van der Waals surface area contributed by atoms with E-state index >= 15 is 0 Å². The normalized spacial score (nSPS) is 9.54. The summed E-state index contributed by atoms with van der Waals surface area (Å²) >= 11 is 0. The van der Waals surface area contributed by atoms with E-state index in [1.165, 1.54) is 12.4 Å². The molecule has 0 saturated heterocycles. The van der Waals surface area contributed by atoms with Crippen molar-refractivity contribution in [2.75, 3.05) is 19.8 Å². The molecule has 0 N–H and O–H groups in total. The molecule has 0 aromatic carbocycles. The van der Waals surface area contributed by atoms with Crippen LogP contribution in [0.1, 0.15) is 40.5 Å². The second-order valence-electron chi connectivity index (χ2n) is 4.75. The van der Waals surface area contributed by atoms with Gasteiger partial charge in [-0.15, -0.1) is 0 Å². The molecule has 0 aliphatic heterocycles. The lowest BCUT2D eigenvalue weighted by atomic mass is 10.3. The van der Waals surface area contributed by atoms with E-state index in [1.54, 1.807) is 36.7 Å². The van der Waals surface area contributed by atoms with Gasteiger partial charge in [0.2, 0.25) is 0 Å². The van der Waals surface area contributed by atoms with Crippen molar-refractivity contribution in [3.05, 3.63) is 60.2 Å². The maximum Gasteiger partial charge on any atom is 0.339 e. The molecule has 2 aromatic heterocycles. The summed E-state index contributed by atoms with van der Waals surface area (Å²) in [7, 11) is 0. The molecule has 6 heteroatoms. The van der Waals surface area contributed by atoms with Crippen molar-refractivity contribution < 1.29 is 19.1 Å². The number of carbonyl (C=O) groups excluding carboxylic acids is 2. The van der Waals surface area contributed by atoms with Crippen LogP contribution in [0.5, 0.6) is 0 Å². The van der Waals surface area contributed by atoms with Crippen LogP contribution in [-0.4, -0.2) is 42.0 Å². The van der Waals surface area contributed by atoms with Gasteiger partial charge in [-0.2, -0.15) is 0 Å². The Balaban J connectivity index is 0.000000300. The Kier molecular flexibility index (Phi) is 10.4. The first-order chi connectivity index (χ1) is 11.8. The van der Waals surface area contributed by atoms with E-state index in [1.807, 2.05) is 0 Å². The standard InChI is InChI=1S/C12H17NO3.C6H5NO/c1-2-3-7-15-8-9-16-12(14)11-5-4-6-13-10-11;8-5-6-2-1-3-7-4-6/h4-6,10H,2-3,7-9H2,1H3;1-5H. The van der Waals surface area contributed by atoms with E-state index in [0.29, 0.717) is 17.7 Å². The van der Waals surface area contributed by atoms with Gasteiger partial charge in [0.1, 0.15) is 6.61 Å². The first kappa shape index (κ1) is 19.4. The summed E-state index contributed by atoms with van der Waals surface area (Å²) in [4.78, 5) is 28.9. The number of rotatable bonds is 8. The third-order valence-corrected chi connectivity index (χ3v) is 2.82. The summed E-state index contributed by atoms with van der Waals surface area (Å²) in [5, 5.41) is 0. The number of hydrogen-bond donors (Lipinski definition) is 0. The molecule has 128 valence electrons. The highest BCUT2D eigenvalue weighted by Crippen LogP contribution is 1.98. The number of aldehydes is 1. The van der Waals surface area contributed by atoms with E-state index in [-0.39, 0.29) is 12.6 Å². The molecule has 6 nitrogen and oxygen atoms in total. The Morgan fingerprint density at radius 1 is 1.08 bits per heavy atom. The molecule has 0 atom stereocenters. The Labute approximate surface area is 141 Å². The van der Waals surface area contributed by atoms with Gasteiger partial charge in [0.15, 0.2) is 6.29 Å². The number of carbonyl (C=O) groups is 2. The Morgan fingerprint density at radius 2 is 1.83 bits per heavy atom. The zero-order chi connectivity index (χ0) is 17.5. The van der Waals surface area contributed by atoms with Crippen LogP contribution in [0.25, 0.3) is 0 Å². The lowest BCUT2D eigenvalue weighted by Crippen LogP contribution is -2.11. The zero-order valence-electron chi connectivity index (χ0n) is 13.8. The van der Waals surface area contributed by atoms with Crippen molar-refractivity contribution >= 4 is 12.3 Å². The van der Waals surface area contributed by atoms with Crippen molar-refractivity contribution in [2.45, 2.75) is 19.8 Å². The quantitative estimate of drug-likeness (QED) is 0.421.